The molecule has 1 rings (SSSR count). The Morgan fingerprint density at radius 1 is 1.38 bits per heavy atom. The Balaban J connectivity index is 2.62. The molecule has 5 heteroatoms. The number of halogens is 1. The SMILES string of the molecule is CCCN(CC(=O)Nc1ccccc1I)CC(C)(C)CN. The smallest absolute Gasteiger partial charge is 0.238 e. The van der Waals surface area contributed by atoms with Crippen LogP contribution in [0.1, 0.15) is 27.2 Å². The maximum Gasteiger partial charge on any atom is 0.238 e. The zero-order valence-electron chi connectivity index (χ0n) is 13.2. The third kappa shape index (κ3) is 6.76. The summed E-state index contributed by atoms with van der Waals surface area (Å²) in [5.41, 5.74) is 6.69. The van der Waals surface area contributed by atoms with Crippen molar-refractivity contribution in [2.24, 2.45) is 11.1 Å². The highest BCUT2D eigenvalue weighted by molar-refractivity contribution is 14.1. The van der Waals surface area contributed by atoms with E-state index in [1.807, 2.05) is 24.3 Å². The van der Waals surface area contributed by atoms with Crippen molar-refractivity contribution in [3.8, 4) is 0 Å². The van der Waals surface area contributed by atoms with Crippen molar-refractivity contribution < 1.29 is 4.79 Å². The summed E-state index contributed by atoms with van der Waals surface area (Å²) >= 11 is 2.23. The molecule has 1 amide bonds. The number of anilines is 1. The molecule has 118 valence electrons. The normalized spacial score (nSPS) is 11.7. The van der Waals surface area contributed by atoms with E-state index in [1.165, 1.54) is 0 Å². The number of amides is 1. The number of hydrogen-bond acceptors (Lipinski definition) is 3. The summed E-state index contributed by atoms with van der Waals surface area (Å²) in [6, 6.07) is 7.80. The summed E-state index contributed by atoms with van der Waals surface area (Å²) < 4.78 is 1.05. The second kappa shape index (κ2) is 8.70. The molecule has 0 saturated carbocycles. The maximum atomic E-state index is 12.2. The van der Waals surface area contributed by atoms with E-state index < -0.39 is 0 Å². The third-order valence-electron chi connectivity index (χ3n) is 3.26. The number of hydrogen-bond donors (Lipinski definition) is 2. The van der Waals surface area contributed by atoms with Crippen LogP contribution in [0.4, 0.5) is 5.69 Å². The topological polar surface area (TPSA) is 58.4 Å². The number of nitrogens with two attached hydrogens (primary N) is 1. The summed E-state index contributed by atoms with van der Waals surface area (Å²) in [7, 11) is 0. The predicted molar refractivity (Wildman–Crippen MR) is 97.4 cm³/mol. The van der Waals surface area contributed by atoms with Crippen LogP contribution in [0.15, 0.2) is 24.3 Å². The molecule has 0 atom stereocenters. The van der Waals surface area contributed by atoms with Crippen LogP contribution in [0, 0.1) is 8.99 Å². The largest absolute Gasteiger partial charge is 0.330 e. The highest BCUT2D eigenvalue weighted by atomic mass is 127. The van der Waals surface area contributed by atoms with Gasteiger partial charge in [0.25, 0.3) is 0 Å². The molecule has 0 heterocycles. The second-order valence-electron chi connectivity index (χ2n) is 6.11. The van der Waals surface area contributed by atoms with Crippen LogP contribution < -0.4 is 11.1 Å². The van der Waals surface area contributed by atoms with E-state index in [4.69, 9.17) is 5.73 Å². The van der Waals surface area contributed by atoms with E-state index in [0.717, 1.165) is 28.8 Å². The first-order valence-corrected chi connectivity index (χ1v) is 8.42. The molecule has 4 nitrogen and oxygen atoms in total. The summed E-state index contributed by atoms with van der Waals surface area (Å²) in [6.45, 7) is 9.15. The molecule has 0 bridgehead atoms. The van der Waals surface area contributed by atoms with Crippen LogP contribution >= 0.6 is 22.6 Å². The van der Waals surface area contributed by atoms with Gasteiger partial charge >= 0.3 is 0 Å². The minimum Gasteiger partial charge on any atom is -0.330 e. The average molecular weight is 403 g/mol. The van der Waals surface area contributed by atoms with Gasteiger partial charge in [-0.15, -0.1) is 0 Å². The quantitative estimate of drug-likeness (QED) is 0.657. The molecule has 0 aromatic heterocycles. The van der Waals surface area contributed by atoms with E-state index in [0.29, 0.717) is 13.1 Å². The van der Waals surface area contributed by atoms with Gasteiger partial charge in [-0.25, -0.2) is 0 Å². The van der Waals surface area contributed by atoms with E-state index in [9.17, 15) is 4.79 Å². The first-order valence-electron chi connectivity index (χ1n) is 7.35. The molecular formula is C16H26IN3O. The molecule has 1 aromatic rings. The standard InChI is InChI=1S/C16H26IN3O/c1-4-9-20(12-16(2,3)11-18)10-15(21)19-14-8-6-5-7-13(14)17/h5-8H,4,9-12,18H2,1-3H3,(H,19,21). The fourth-order valence-electron chi connectivity index (χ4n) is 2.16. The van der Waals surface area contributed by atoms with Gasteiger partial charge in [-0.1, -0.05) is 32.9 Å². The lowest BCUT2D eigenvalue weighted by Crippen LogP contribution is -2.42. The summed E-state index contributed by atoms with van der Waals surface area (Å²) in [6.07, 6.45) is 1.02. The van der Waals surface area contributed by atoms with E-state index in [2.05, 4.69) is 53.6 Å². The molecule has 0 unspecified atom stereocenters. The van der Waals surface area contributed by atoms with Gasteiger partial charge in [-0.3, -0.25) is 9.69 Å². The number of carbonyl (C=O) groups is 1. The minimum atomic E-state index is 0.0244. The number of nitrogens with one attached hydrogen (secondary N) is 1. The van der Waals surface area contributed by atoms with Gasteiger partial charge < -0.3 is 11.1 Å². The van der Waals surface area contributed by atoms with Gasteiger partial charge in [0.2, 0.25) is 5.91 Å². The first kappa shape index (κ1) is 18.4. The van der Waals surface area contributed by atoms with Crippen molar-refractivity contribution in [2.75, 3.05) is 31.5 Å². The third-order valence-corrected chi connectivity index (χ3v) is 4.20. The van der Waals surface area contributed by atoms with Gasteiger partial charge in [0.05, 0.1) is 12.2 Å². The Kier molecular flexibility index (Phi) is 7.62. The Labute approximate surface area is 141 Å². The van der Waals surface area contributed by atoms with Crippen LogP contribution in [0.25, 0.3) is 0 Å². The molecule has 0 spiro atoms. The summed E-state index contributed by atoms with van der Waals surface area (Å²) in [5, 5.41) is 2.98. The summed E-state index contributed by atoms with van der Waals surface area (Å²) in [5.74, 6) is 0.0281. The highest BCUT2D eigenvalue weighted by Gasteiger charge is 2.21. The van der Waals surface area contributed by atoms with Crippen LogP contribution in [-0.2, 0) is 4.79 Å². The molecule has 1 aromatic carbocycles. The van der Waals surface area contributed by atoms with Crippen molar-refractivity contribution in [3.63, 3.8) is 0 Å². The van der Waals surface area contributed by atoms with Crippen LogP contribution in [0.2, 0.25) is 0 Å². The van der Waals surface area contributed by atoms with E-state index in [-0.39, 0.29) is 11.3 Å². The molecular weight excluding hydrogens is 377 g/mol. The lowest BCUT2D eigenvalue weighted by Gasteiger charge is -2.31. The lowest BCUT2D eigenvalue weighted by molar-refractivity contribution is -0.117. The lowest BCUT2D eigenvalue weighted by atomic mass is 9.93. The number of rotatable bonds is 8. The Bertz CT molecular complexity index is 463. The second-order valence-corrected chi connectivity index (χ2v) is 7.27. The molecule has 0 aliphatic heterocycles. The zero-order valence-corrected chi connectivity index (χ0v) is 15.3. The fraction of sp³-hybridized carbons (Fsp3) is 0.562. The first-order chi connectivity index (χ1) is 9.88. The molecule has 3 N–H and O–H groups in total. The van der Waals surface area contributed by atoms with Gasteiger partial charge in [-0.05, 0) is 59.6 Å². The molecule has 21 heavy (non-hydrogen) atoms. The monoisotopic (exact) mass is 403 g/mol. The van der Waals surface area contributed by atoms with Crippen molar-refractivity contribution in [1.29, 1.82) is 0 Å². The highest BCUT2D eigenvalue weighted by Crippen LogP contribution is 2.18. The van der Waals surface area contributed by atoms with Crippen molar-refractivity contribution in [3.05, 3.63) is 27.8 Å². The maximum absolute atomic E-state index is 12.2. The molecule has 0 saturated heterocycles. The van der Waals surface area contributed by atoms with Gasteiger partial charge in [0, 0.05) is 10.1 Å². The van der Waals surface area contributed by atoms with Crippen molar-refractivity contribution in [1.82, 2.24) is 4.90 Å². The predicted octanol–water partition coefficient (Wildman–Crippen LogP) is 2.93. The average Bonchev–Trinajstić information content (AvgIpc) is 2.41. The van der Waals surface area contributed by atoms with Gasteiger partial charge in [0.1, 0.15) is 0 Å². The molecule has 0 radical (unpaired) electrons. The Hall–Kier alpha value is -0.660. The molecule has 0 fully saturated rings. The number of para-hydroxylation sites is 1. The number of carbonyl (C=O) groups excluding carboxylic acids is 1. The van der Waals surface area contributed by atoms with Crippen molar-refractivity contribution >= 4 is 34.2 Å². The van der Waals surface area contributed by atoms with Crippen molar-refractivity contribution in [2.45, 2.75) is 27.2 Å². The fourth-order valence-corrected chi connectivity index (χ4v) is 2.68. The van der Waals surface area contributed by atoms with Gasteiger partial charge in [-0.2, -0.15) is 0 Å². The number of benzene rings is 1. The summed E-state index contributed by atoms with van der Waals surface area (Å²) in [4.78, 5) is 14.4. The minimum absolute atomic E-state index is 0.0244. The zero-order chi connectivity index (χ0) is 15.9. The van der Waals surface area contributed by atoms with Crippen LogP contribution in [-0.4, -0.2) is 37.0 Å². The van der Waals surface area contributed by atoms with E-state index >= 15 is 0 Å². The van der Waals surface area contributed by atoms with Crippen LogP contribution in [0.3, 0.4) is 0 Å². The molecule has 0 aliphatic carbocycles. The Morgan fingerprint density at radius 2 is 2.05 bits per heavy atom. The van der Waals surface area contributed by atoms with Gasteiger partial charge in [0.15, 0.2) is 0 Å². The van der Waals surface area contributed by atoms with Crippen LogP contribution in [0.5, 0.6) is 0 Å². The number of nitrogens with zero attached hydrogens (tertiary/aromatic N) is 1. The Morgan fingerprint density at radius 3 is 2.62 bits per heavy atom. The van der Waals surface area contributed by atoms with E-state index in [1.54, 1.807) is 0 Å². The molecule has 0 aliphatic rings.